The summed E-state index contributed by atoms with van der Waals surface area (Å²) in [4.78, 5) is 11.0. The quantitative estimate of drug-likeness (QED) is 0.864. The number of carboxylic acid groups (broad SMARTS) is 1. The maximum Gasteiger partial charge on any atom is 0.354 e. The average Bonchev–Trinajstić information content (AvgIpc) is 2.77. The number of carboxylic acids is 1. The zero-order valence-electron chi connectivity index (χ0n) is 9.81. The second-order valence-electron chi connectivity index (χ2n) is 3.81. The molecule has 1 heterocycles. The van der Waals surface area contributed by atoms with E-state index in [1.54, 1.807) is 0 Å². The summed E-state index contributed by atoms with van der Waals surface area (Å²) >= 11 is 0. The van der Waals surface area contributed by atoms with Crippen molar-refractivity contribution >= 4 is 5.97 Å². The van der Waals surface area contributed by atoms with Crippen molar-refractivity contribution in [3.8, 4) is 11.3 Å². The van der Waals surface area contributed by atoms with Gasteiger partial charge in [0.2, 0.25) is 0 Å². The molecule has 1 N–H and O–H groups in total. The average molecular weight is 264 g/mol. The molecule has 1 aromatic heterocycles. The number of hydrogen-bond donors (Lipinski definition) is 1. The number of aromatic nitrogens is 2. The van der Waals surface area contributed by atoms with Gasteiger partial charge in [-0.1, -0.05) is 6.08 Å². The van der Waals surface area contributed by atoms with Gasteiger partial charge in [-0.05, 0) is 24.3 Å². The van der Waals surface area contributed by atoms with Crippen LogP contribution in [0.3, 0.4) is 0 Å². The molecule has 98 valence electrons. The Morgan fingerprint density at radius 2 is 2.16 bits per heavy atom. The van der Waals surface area contributed by atoms with Crippen molar-refractivity contribution in [2.75, 3.05) is 0 Å². The highest BCUT2D eigenvalue weighted by molar-refractivity contribution is 5.87. The molecule has 0 aliphatic heterocycles. The molecule has 6 heteroatoms. The normalized spacial score (nSPS) is 10.4. The highest BCUT2D eigenvalue weighted by atomic mass is 19.1. The van der Waals surface area contributed by atoms with Gasteiger partial charge in [0.15, 0.2) is 0 Å². The smallest absolute Gasteiger partial charge is 0.354 e. The molecule has 0 saturated carbocycles. The second-order valence-corrected chi connectivity index (χ2v) is 3.81. The van der Waals surface area contributed by atoms with Crippen LogP contribution in [0.1, 0.15) is 10.5 Å². The van der Waals surface area contributed by atoms with E-state index in [1.807, 2.05) is 0 Å². The van der Waals surface area contributed by atoms with E-state index in [0.717, 1.165) is 22.9 Å². The van der Waals surface area contributed by atoms with Gasteiger partial charge in [0.25, 0.3) is 0 Å². The Hall–Kier alpha value is -2.50. The molecule has 2 rings (SSSR count). The molecular weight excluding hydrogens is 254 g/mol. The van der Waals surface area contributed by atoms with Crippen molar-refractivity contribution in [3.63, 3.8) is 0 Å². The number of allylic oxidation sites excluding steroid dienone is 1. The molecule has 0 aliphatic carbocycles. The highest BCUT2D eigenvalue weighted by Crippen LogP contribution is 2.23. The van der Waals surface area contributed by atoms with Crippen LogP contribution in [0.25, 0.3) is 11.3 Å². The van der Waals surface area contributed by atoms with Crippen LogP contribution in [0.2, 0.25) is 0 Å². The summed E-state index contributed by atoms with van der Waals surface area (Å²) in [5.74, 6) is -2.48. The lowest BCUT2D eigenvalue weighted by atomic mass is 10.1. The van der Waals surface area contributed by atoms with Crippen LogP contribution < -0.4 is 0 Å². The summed E-state index contributed by atoms with van der Waals surface area (Å²) in [7, 11) is 0. The van der Waals surface area contributed by atoms with Crippen LogP contribution in [0.15, 0.2) is 36.9 Å². The third-order valence-corrected chi connectivity index (χ3v) is 2.51. The molecule has 0 amide bonds. The van der Waals surface area contributed by atoms with E-state index >= 15 is 0 Å². The van der Waals surface area contributed by atoms with Crippen LogP contribution in [0.4, 0.5) is 8.78 Å². The monoisotopic (exact) mass is 264 g/mol. The molecule has 1 aromatic carbocycles. The van der Waals surface area contributed by atoms with Crippen molar-refractivity contribution in [1.82, 2.24) is 9.78 Å². The van der Waals surface area contributed by atoms with Crippen LogP contribution >= 0.6 is 0 Å². The van der Waals surface area contributed by atoms with Crippen LogP contribution in [0, 0.1) is 11.6 Å². The Labute approximate surface area is 107 Å². The lowest BCUT2D eigenvalue weighted by molar-refractivity contribution is 0.0684. The Bertz CT molecular complexity index is 650. The maximum atomic E-state index is 13.6. The lowest BCUT2D eigenvalue weighted by Crippen LogP contribution is -2.08. The summed E-state index contributed by atoms with van der Waals surface area (Å²) < 4.78 is 27.9. The summed E-state index contributed by atoms with van der Waals surface area (Å²) in [6.45, 7) is 3.65. The predicted molar refractivity (Wildman–Crippen MR) is 64.7 cm³/mol. The largest absolute Gasteiger partial charge is 0.477 e. The third-order valence-electron chi connectivity index (χ3n) is 2.51. The van der Waals surface area contributed by atoms with Gasteiger partial charge in [-0.3, -0.25) is 4.68 Å². The molecule has 0 aliphatic rings. The lowest BCUT2D eigenvalue weighted by Gasteiger charge is -2.00. The fourth-order valence-electron chi connectivity index (χ4n) is 1.68. The number of hydrogen-bond acceptors (Lipinski definition) is 2. The van der Waals surface area contributed by atoms with E-state index in [9.17, 15) is 13.6 Å². The minimum absolute atomic E-state index is 0.0660. The first kappa shape index (κ1) is 12.9. The molecule has 0 unspecified atom stereocenters. The molecular formula is C13H10F2N2O2. The van der Waals surface area contributed by atoms with Gasteiger partial charge in [-0.2, -0.15) is 5.10 Å². The van der Waals surface area contributed by atoms with Crippen molar-refractivity contribution in [2.24, 2.45) is 0 Å². The van der Waals surface area contributed by atoms with Crippen molar-refractivity contribution < 1.29 is 18.7 Å². The first-order valence-electron chi connectivity index (χ1n) is 5.40. The standard InChI is InChI=1S/C13H10F2N2O2/c1-2-5-17-12(13(18)19)7-11(16-17)9-6-8(14)3-4-10(9)15/h2-4,6-7H,1,5H2,(H,18,19). The maximum absolute atomic E-state index is 13.6. The van der Waals surface area contributed by atoms with Crippen LogP contribution in [-0.2, 0) is 6.54 Å². The van der Waals surface area contributed by atoms with Crippen LogP contribution in [-0.4, -0.2) is 20.9 Å². The van der Waals surface area contributed by atoms with Crippen molar-refractivity contribution in [1.29, 1.82) is 0 Å². The Morgan fingerprint density at radius 1 is 1.42 bits per heavy atom. The molecule has 0 radical (unpaired) electrons. The fraction of sp³-hybridized carbons (Fsp3) is 0.0769. The summed E-state index contributed by atoms with van der Waals surface area (Å²) in [6, 6.07) is 4.13. The van der Waals surface area contributed by atoms with Gasteiger partial charge in [0, 0.05) is 5.56 Å². The zero-order valence-corrected chi connectivity index (χ0v) is 9.81. The number of halogens is 2. The number of benzene rings is 1. The first-order chi connectivity index (χ1) is 9.02. The topological polar surface area (TPSA) is 55.1 Å². The predicted octanol–water partition coefficient (Wildman–Crippen LogP) is 2.71. The summed E-state index contributed by atoms with van der Waals surface area (Å²) in [5, 5.41) is 13.0. The summed E-state index contributed by atoms with van der Waals surface area (Å²) in [6.07, 6.45) is 1.46. The minimum atomic E-state index is -1.20. The van der Waals surface area contributed by atoms with Gasteiger partial charge in [-0.15, -0.1) is 6.58 Å². The minimum Gasteiger partial charge on any atom is -0.477 e. The van der Waals surface area contributed by atoms with Crippen molar-refractivity contribution in [3.05, 3.63) is 54.2 Å². The van der Waals surface area contributed by atoms with Gasteiger partial charge in [0.1, 0.15) is 17.3 Å². The van der Waals surface area contributed by atoms with Gasteiger partial charge < -0.3 is 5.11 Å². The SMILES string of the molecule is C=CCn1nc(-c2cc(F)ccc2F)cc1C(=O)O. The molecule has 0 fully saturated rings. The molecule has 19 heavy (non-hydrogen) atoms. The van der Waals surface area contributed by atoms with Gasteiger partial charge in [0.05, 0.1) is 12.2 Å². The van der Waals surface area contributed by atoms with Crippen LogP contribution in [0.5, 0.6) is 0 Å². The number of aromatic carboxylic acids is 1. The molecule has 2 aromatic rings. The fourth-order valence-corrected chi connectivity index (χ4v) is 1.68. The second kappa shape index (κ2) is 5.01. The highest BCUT2D eigenvalue weighted by Gasteiger charge is 2.17. The van der Waals surface area contributed by atoms with E-state index < -0.39 is 17.6 Å². The number of carbonyl (C=O) groups is 1. The third kappa shape index (κ3) is 2.52. The molecule has 4 nitrogen and oxygen atoms in total. The first-order valence-corrected chi connectivity index (χ1v) is 5.40. The molecule has 0 saturated heterocycles. The Balaban J connectivity index is 2.56. The van der Waals surface area contributed by atoms with Crippen molar-refractivity contribution in [2.45, 2.75) is 6.54 Å². The van der Waals surface area contributed by atoms with Gasteiger partial charge >= 0.3 is 5.97 Å². The van der Waals surface area contributed by atoms with E-state index in [2.05, 4.69) is 11.7 Å². The summed E-state index contributed by atoms with van der Waals surface area (Å²) in [5.41, 5.74) is -0.125. The number of nitrogens with zero attached hydrogens (tertiary/aromatic N) is 2. The molecule has 0 bridgehead atoms. The Kier molecular flexibility index (Phi) is 3.41. The van der Waals surface area contributed by atoms with E-state index in [4.69, 9.17) is 5.11 Å². The molecule has 0 spiro atoms. The van der Waals surface area contributed by atoms with E-state index in [-0.39, 0.29) is 23.5 Å². The zero-order chi connectivity index (χ0) is 14.0. The molecule has 0 atom stereocenters. The number of rotatable bonds is 4. The van der Waals surface area contributed by atoms with E-state index in [0.29, 0.717) is 0 Å². The van der Waals surface area contributed by atoms with Gasteiger partial charge in [-0.25, -0.2) is 13.6 Å². The Morgan fingerprint density at radius 3 is 2.79 bits per heavy atom. The van der Waals surface area contributed by atoms with E-state index in [1.165, 1.54) is 12.1 Å².